The number of nitrogens with zero attached hydrogens (tertiary/aromatic N) is 1. The lowest BCUT2D eigenvalue weighted by molar-refractivity contribution is 0.0862. The SMILES string of the molecule is CC(C(=O)c1cccc(Cl)c1)N(C)Cc1ccccc1Br. The number of likely N-dealkylation sites (N-methyl/N-ethyl adjacent to an activating group) is 1. The van der Waals surface area contributed by atoms with Gasteiger partial charge in [-0.25, -0.2) is 0 Å². The standard InChI is InChI=1S/C17H17BrClNO/c1-12(17(21)13-7-5-8-15(19)10-13)20(2)11-14-6-3-4-9-16(14)18/h3-10,12H,11H2,1-2H3. The fourth-order valence-corrected chi connectivity index (χ4v) is 2.72. The molecule has 0 aromatic heterocycles. The molecule has 0 saturated heterocycles. The average Bonchev–Trinajstić information content (AvgIpc) is 2.48. The van der Waals surface area contributed by atoms with Crippen molar-refractivity contribution in [2.45, 2.75) is 19.5 Å². The highest BCUT2D eigenvalue weighted by molar-refractivity contribution is 9.10. The average molecular weight is 367 g/mol. The Balaban J connectivity index is 2.10. The first kappa shape index (κ1) is 16.2. The van der Waals surface area contributed by atoms with Crippen molar-refractivity contribution in [3.05, 3.63) is 69.2 Å². The molecule has 110 valence electrons. The van der Waals surface area contributed by atoms with E-state index in [1.54, 1.807) is 24.3 Å². The molecule has 0 saturated carbocycles. The van der Waals surface area contributed by atoms with Gasteiger partial charge in [0.15, 0.2) is 5.78 Å². The van der Waals surface area contributed by atoms with Crippen LogP contribution >= 0.6 is 27.5 Å². The molecule has 2 aromatic rings. The van der Waals surface area contributed by atoms with Crippen molar-refractivity contribution in [1.82, 2.24) is 4.90 Å². The third-order valence-electron chi connectivity index (χ3n) is 3.53. The summed E-state index contributed by atoms with van der Waals surface area (Å²) in [7, 11) is 1.95. The molecule has 0 aliphatic rings. The van der Waals surface area contributed by atoms with Crippen LogP contribution in [0.2, 0.25) is 5.02 Å². The van der Waals surface area contributed by atoms with Crippen LogP contribution in [0.3, 0.4) is 0 Å². The van der Waals surface area contributed by atoms with Gasteiger partial charge >= 0.3 is 0 Å². The third-order valence-corrected chi connectivity index (χ3v) is 4.54. The molecule has 0 radical (unpaired) electrons. The molecular formula is C17H17BrClNO. The van der Waals surface area contributed by atoms with Crippen LogP contribution in [0.4, 0.5) is 0 Å². The maximum Gasteiger partial charge on any atom is 0.179 e. The zero-order valence-electron chi connectivity index (χ0n) is 12.0. The molecule has 0 N–H and O–H groups in total. The monoisotopic (exact) mass is 365 g/mol. The summed E-state index contributed by atoms with van der Waals surface area (Å²) in [5, 5.41) is 0.585. The number of rotatable bonds is 5. The number of hydrogen-bond donors (Lipinski definition) is 0. The zero-order valence-corrected chi connectivity index (χ0v) is 14.4. The molecule has 0 aliphatic heterocycles. The van der Waals surface area contributed by atoms with Crippen molar-refractivity contribution in [1.29, 1.82) is 0 Å². The Morgan fingerprint density at radius 3 is 2.62 bits per heavy atom. The number of Topliss-reactive ketones (excluding diaryl/α,β-unsaturated/α-hetero) is 1. The number of hydrogen-bond acceptors (Lipinski definition) is 2. The molecule has 0 bridgehead atoms. The normalized spacial score (nSPS) is 12.4. The molecule has 1 unspecified atom stereocenters. The van der Waals surface area contributed by atoms with Crippen LogP contribution in [-0.4, -0.2) is 23.8 Å². The number of carbonyl (C=O) groups excluding carboxylic acids is 1. The van der Waals surface area contributed by atoms with E-state index in [0.29, 0.717) is 17.1 Å². The Hall–Kier alpha value is -1.16. The molecule has 0 amide bonds. The number of halogens is 2. The van der Waals surface area contributed by atoms with Gasteiger partial charge in [-0.15, -0.1) is 0 Å². The van der Waals surface area contributed by atoms with Crippen LogP contribution in [0.25, 0.3) is 0 Å². The van der Waals surface area contributed by atoms with E-state index >= 15 is 0 Å². The lowest BCUT2D eigenvalue weighted by atomic mass is 10.0. The van der Waals surface area contributed by atoms with Crippen LogP contribution in [0.15, 0.2) is 53.0 Å². The van der Waals surface area contributed by atoms with E-state index in [4.69, 9.17) is 11.6 Å². The molecule has 21 heavy (non-hydrogen) atoms. The van der Waals surface area contributed by atoms with Crippen LogP contribution in [-0.2, 0) is 6.54 Å². The summed E-state index contributed by atoms with van der Waals surface area (Å²) in [6.07, 6.45) is 0. The minimum absolute atomic E-state index is 0.0760. The molecule has 2 nitrogen and oxygen atoms in total. The minimum atomic E-state index is -0.212. The highest BCUT2D eigenvalue weighted by atomic mass is 79.9. The van der Waals surface area contributed by atoms with Crippen LogP contribution in [0.5, 0.6) is 0 Å². The maximum atomic E-state index is 12.5. The molecule has 4 heteroatoms. The summed E-state index contributed by atoms with van der Waals surface area (Å²) in [5.41, 5.74) is 1.81. The van der Waals surface area contributed by atoms with Crippen LogP contribution in [0.1, 0.15) is 22.8 Å². The lowest BCUT2D eigenvalue weighted by Crippen LogP contribution is -2.35. The molecule has 0 spiro atoms. The van der Waals surface area contributed by atoms with Gasteiger partial charge in [-0.2, -0.15) is 0 Å². The molecule has 0 heterocycles. The highest BCUT2D eigenvalue weighted by Gasteiger charge is 2.20. The smallest absolute Gasteiger partial charge is 0.179 e. The molecule has 0 aliphatic carbocycles. The molecule has 0 fully saturated rings. The molecule has 2 rings (SSSR count). The Morgan fingerprint density at radius 2 is 1.95 bits per heavy atom. The quantitative estimate of drug-likeness (QED) is 0.708. The number of benzene rings is 2. The van der Waals surface area contributed by atoms with E-state index in [1.807, 2.05) is 37.1 Å². The summed E-state index contributed by atoms with van der Waals surface area (Å²) in [4.78, 5) is 14.5. The second kappa shape index (κ2) is 7.21. The Labute approximate surface area is 138 Å². The van der Waals surface area contributed by atoms with Gasteiger partial charge in [0.25, 0.3) is 0 Å². The summed E-state index contributed by atoms with van der Waals surface area (Å²) < 4.78 is 1.05. The van der Waals surface area contributed by atoms with E-state index in [1.165, 1.54) is 0 Å². The largest absolute Gasteiger partial charge is 0.292 e. The highest BCUT2D eigenvalue weighted by Crippen LogP contribution is 2.19. The van der Waals surface area contributed by atoms with E-state index in [2.05, 4.69) is 22.0 Å². The van der Waals surface area contributed by atoms with E-state index in [0.717, 1.165) is 10.0 Å². The Bertz CT molecular complexity index is 644. The Morgan fingerprint density at radius 1 is 1.24 bits per heavy atom. The molecule has 1 atom stereocenters. The first-order valence-electron chi connectivity index (χ1n) is 6.72. The third kappa shape index (κ3) is 4.16. The van der Waals surface area contributed by atoms with Gasteiger partial charge in [0.05, 0.1) is 6.04 Å². The summed E-state index contributed by atoms with van der Waals surface area (Å²) in [6, 6.07) is 14.9. The topological polar surface area (TPSA) is 20.3 Å². The summed E-state index contributed by atoms with van der Waals surface area (Å²) in [6.45, 7) is 2.62. The first-order chi connectivity index (χ1) is 9.99. The van der Waals surface area contributed by atoms with E-state index in [-0.39, 0.29) is 11.8 Å². The predicted molar refractivity (Wildman–Crippen MR) is 90.9 cm³/mol. The number of ketones is 1. The van der Waals surface area contributed by atoms with Gasteiger partial charge < -0.3 is 0 Å². The number of carbonyl (C=O) groups is 1. The fourth-order valence-electron chi connectivity index (χ4n) is 2.12. The Kier molecular flexibility index (Phi) is 5.57. The van der Waals surface area contributed by atoms with Crippen molar-refractivity contribution in [3.63, 3.8) is 0 Å². The van der Waals surface area contributed by atoms with Crippen molar-refractivity contribution >= 4 is 33.3 Å². The van der Waals surface area contributed by atoms with Gasteiger partial charge in [-0.1, -0.05) is 57.9 Å². The zero-order chi connectivity index (χ0) is 15.4. The molecular weight excluding hydrogens is 350 g/mol. The maximum absolute atomic E-state index is 12.5. The van der Waals surface area contributed by atoms with Crippen LogP contribution in [0, 0.1) is 0 Å². The van der Waals surface area contributed by atoms with Crippen LogP contribution < -0.4 is 0 Å². The second-order valence-corrected chi connectivity index (χ2v) is 6.35. The lowest BCUT2D eigenvalue weighted by Gasteiger charge is -2.24. The van der Waals surface area contributed by atoms with Crippen molar-refractivity contribution in [2.75, 3.05) is 7.05 Å². The fraction of sp³-hybridized carbons (Fsp3) is 0.235. The second-order valence-electron chi connectivity index (χ2n) is 5.06. The van der Waals surface area contributed by atoms with Gasteiger partial charge in [-0.05, 0) is 37.7 Å². The van der Waals surface area contributed by atoms with Gasteiger partial charge in [0.2, 0.25) is 0 Å². The van der Waals surface area contributed by atoms with E-state index in [9.17, 15) is 4.79 Å². The molecule has 2 aromatic carbocycles. The summed E-state index contributed by atoms with van der Waals surface area (Å²) in [5.74, 6) is 0.0760. The first-order valence-corrected chi connectivity index (χ1v) is 7.89. The van der Waals surface area contributed by atoms with Gasteiger partial charge in [0, 0.05) is 21.6 Å². The van der Waals surface area contributed by atoms with Gasteiger partial charge in [-0.3, -0.25) is 9.69 Å². The van der Waals surface area contributed by atoms with Crippen molar-refractivity contribution in [3.8, 4) is 0 Å². The minimum Gasteiger partial charge on any atom is -0.292 e. The van der Waals surface area contributed by atoms with Crippen molar-refractivity contribution < 1.29 is 4.79 Å². The van der Waals surface area contributed by atoms with Gasteiger partial charge in [0.1, 0.15) is 0 Å². The van der Waals surface area contributed by atoms with Crippen molar-refractivity contribution in [2.24, 2.45) is 0 Å². The predicted octanol–water partition coefficient (Wildman–Crippen LogP) is 4.81. The van der Waals surface area contributed by atoms with E-state index < -0.39 is 0 Å². The summed E-state index contributed by atoms with van der Waals surface area (Å²) >= 11 is 9.49.